The number of anilines is 1. The third-order valence-corrected chi connectivity index (χ3v) is 5.63. The number of imidazole rings is 1. The normalized spacial score (nSPS) is 15.7. The fourth-order valence-electron chi connectivity index (χ4n) is 4.21. The number of carbonyl (C=O) groups excluding carboxylic acids is 1. The van der Waals surface area contributed by atoms with Gasteiger partial charge in [0.15, 0.2) is 0 Å². The number of rotatable bonds is 6. The molecule has 2 heterocycles. The van der Waals surface area contributed by atoms with Gasteiger partial charge in [0.25, 0.3) is 5.91 Å². The Morgan fingerprint density at radius 2 is 1.80 bits per heavy atom. The average molecular weight is 405 g/mol. The number of fused-ring (bicyclic) bond motifs is 3. The van der Waals surface area contributed by atoms with Crippen molar-refractivity contribution in [1.82, 2.24) is 14.5 Å². The lowest BCUT2D eigenvalue weighted by atomic mass is 9.93. The molecule has 0 spiro atoms. The lowest BCUT2D eigenvalue weighted by Crippen LogP contribution is -2.38. The van der Waals surface area contributed by atoms with Crippen LogP contribution in [0.3, 0.4) is 0 Å². The minimum atomic E-state index is -0.329. The van der Waals surface area contributed by atoms with Crippen molar-refractivity contribution in [1.29, 1.82) is 0 Å². The molecular weight excluding hydrogens is 376 g/mol. The molecule has 1 aliphatic heterocycles. The van der Waals surface area contributed by atoms with E-state index >= 15 is 0 Å². The van der Waals surface area contributed by atoms with Crippen LogP contribution in [0.2, 0.25) is 0 Å². The minimum Gasteiger partial charge on any atom is -0.494 e. The van der Waals surface area contributed by atoms with Crippen LogP contribution in [-0.4, -0.2) is 40.1 Å². The summed E-state index contributed by atoms with van der Waals surface area (Å²) in [4.78, 5) is 20.3. The highest BCUT2D eigenvalue weighted by Crippen LogP contribution is 2.42. The highest BCUT2D eigenvalue weighted by atomic mass is 16.5. The van der Waals surface area contributed by atoms with Crippen LogP contribution in [0.4, 0.5) is 5.95 Å². The Hall–Kier alpha value is -3.28. The highest BCUT2D eigenvalue weighted by Gasteiger charge is 2.36. The zero-order chi connectivity index (χ0) is 21.3. The number of benzene rings is 2. The Morgan fingerprint density at radius 1 is 1.10 bits per heavy atom. The molecule has 1 amide bonds. The molecule has 0 saturated heterocycles. The molecule has 4 rings (SSSR count). The monoisotopic (exact) mass is 404 g/mol. The molecule has 6 heteroatoms. The van der Waals surface area contributed by atoms with Crippen LogP contribution in [0.15, 0.2) is 59.8 Å². The van der Waals surface area contributed by atoms with Crippen molar-refractivity contribution in [2.75, 3.05) is 25.0 Å². The van der Waals surface area contributed by atoms with Crippen LogP contribution in [-0.2, 0) is 4.79 Å². The topological polar surface area (TPSA) is 59.4 Å². The summed E-state index contributed by atoms with van der Waals surface area (Å²) in [5.41, 5.74) is 4.38. The number of hydrogen-bond donors (Lipinski definition) is 1. The van der Waals surface area contributed by atoms with Crippen molar-refractivity contribution in [2.45, 2.75) is 33.7 Å². The summed E-state index contributed by atoms with van der Waals surface area (Å²) in [5.74, 6) is 1.55. The number of nitrogens with zero attached hydrogens (tertiary/aromatic N) is 3. The second-order valence-corrected chi connectivity index (χ2v) is 7.31. The largest absolute Gasteiger partial charge is 0.494 e. The lowest BCUT2D eigenvalue weighted by Gasteiger charge is -2.33. The maximum atomic E-state index is 13.6. The predicted octanol–water partition coefficient (Wildman–Crippen LogP) is 4.59. The third-order valence-electron chi connectivity index (χ3n) is 5.63. The van der Waals surface area contributed by atoms with Gasteiger partial charge >= 0.3 is 0 Å². The number of nitrogens with one attached hydrogen (secondary N) is 1. The van der Waals surface area contributed by atoms with Crippen LogP contribution in [0, 0.1) is 0 Å². The van der Waals surface area contributed by atoms with Crippen molar-refractivity contribution >= 4 is 22.9 Å². The number of allylic oxidation sites excluding steroid dienone is 1. The summed E-state index contributed by atoms with van der Waals surface area (Å²) in [5, 5.41) is 3.38. The Kier molecular flexibility index (Phi) is 5.48. The first-order chi connectivity index (χ1) is 14.6. The van der Waals surface area contributed by atoms with Crippen molar-refractivity contribution in [3.63, 3.8) is 0 Å². The van der Waals surface area contributed by atoms with Crippen molar-refractivity contribution < 1.29 is 9.53 Å². The molecule has 30 heavy (non-hydrogen) atoms. The second kappa shape index (κ2) is 8.22. The summed E-state index contributed by atoms with van der Waals surface area (Å²) in [6, 6.07) is 15.7. The van der Waals surface area contributed by atoms with E-state index in [0.29, 0.717) is 19.7 Å². The number of amides is 1. The van der Waals surface area contributed by atoms with E-state index in [4.69, 9.17) is 9.72 Å². The molecule has 0 radical (unpaired) electrons. The van der Waals surface area contributed by atoms with Crippen LogP contribution in [0.25, 0.3) is 11.0 Å². The number of ether oxygens (including phenoxy) is 1. The van der Waals surface area contributed by atoms with Crippen molar-refractivity contribution in [3.8, 4) is 5.75 Å². The van der Waals surface area contributed by atoms with Gasteiger partial charge in [-0.15, -0.1) is 0 Å². The molecule has 0 aliphatic carbocycles. The number of aromatic nitrogens is 2. The van der Waals surface area contributed by atoms with E-state index in [1.54, 1.807) is 0 Å². The first kappa shape index (κ1) is 20.0. The van der Waals surface area contributed by atoms with Gasteiger partial charge in [-0.25, -0.2) is 4.98 Å². The Bertz CT molecular complexity index is 1110. The maximum Gasteiger partial charge on any atom is 0.253 e. The van der Waals surface area contributed by atoms with E-state index < -0.39 is 0 Å². The summed E-state index contributed by atoms with van der Waals surface area (Å²) >= 11 is 0. The Labute approximate surface area is 177 Å². The van der Waals surface area contributed by atoms with Gasteiger partial charge in [0.1, 0.15) is 5.75 Å². The lowest BCUT2D eigenvalue weighted by molar-refractivity contribution is -0.127. The van der Waals surface area contributed by atoms with Crippen LogP contribution >= 0.6 is 0 Å². The van der Waals surface area contributed by atoms with Gasteiger partial charge in [-0.05, 0) is 45.9 Å². The Balaban J connectivity index is 1.99. The number of para-hydroxylation sites is 3. The van der Waals surface area contributed by atoms with Gasteiger partial charge in [-0.1, -0.05) is 30.3 Å². The van der Waals surface area contributed by atoms with E-state index in [9.17, 15) is 4.79 Å². The molecule has 1 unspecified atom stereocenters. The van der Waals surface area contributed by atoms with Crippen LogP contribution in [0.1, 0.15) is 39.3 Å². The maximum absolute atomic E-state index is 13.6. The average Bonchev–Trinajstić information content (AvgIpc) is 3.12. The summed E-state index contributed by atoms with van der Waals surface area (Å²) in [7, 11) is 0. The minimum absolute atomic E-state index is 0.0322. The zero-order valence-electron chi connectivity index (χ0n) is 18.0. The molecule has 3 aromatic rings. The molecule has 6 nitrogen and oxygen atoms in total. The molecule has 156 valence electrons. The Morgan fingerprint density at radius 3 is 2.53 bits per heavy atom. The molecule has 1 atom stereocenters. The fourth-order valence-corrected chi connectivity index (χ4v) is 4.21. The van der Waals surface area contributed by atoms with Crippen molar-refractivity contribution in [2.24, 2.45) is 0 Å². The van der Waals surface area contributed by atoms with E-state index in [-0.39, 0.29) is 11.9 Å². The van der Waals surface area contributed by atoms with Gasteiger partial charge in [0, 0.05) is 24.4 Å². The zero-order valence-corrected chi connectivity index (χ0v) is 18.0. The van der Waals surface area contributed by atoms with E-state index in [1.165, 1.54) is 0 Å². The van der Waals surface area contributed by atoms with Crippen molar-refractivity contribution in [3.05, 3.63) is 65.4 Å². The SMILES string of the molecule is CCOc1ccccc1C1C(C(=O)N(CC)CC)=C(C)Nc2nc3ccccc3n21. The molecule has 0 fully saturated rings. The number of likely N-dealkylation sites (N-methyl/N-ethyl adjacent to an activating group) is 1. The highest BCUT2D eigenvalue weighted by molar-refractivity contribution is 5.98. The van der Waals surface area contributed by atoms with Gasteiger partial charge in [0.05, 0.1) is 29.3 Å². The number of carbonyl (C=O) groups is 1. The van der Waals surface area contributed by atoms with Crippen LogP contribution < -0.4 is 10.1 Å². The summed E-state index contributed by atoms with van der Waals surface area (Å²) in [6.45, 7) is 9.81. The second-order valence-electron chi connectivity index (χ2n) is 7.31. The first-order valence-corrected chi connectivity index (χ1v) is 10.6. The quantitative estimate of drug-likeness (QED) is 0.653. The van der Waals surface area contributed by atoms with E-state index in [2.05, 4.69) is 9.88 Å². The van der Waals surface area contributed by atoms with Crippen LogP contribution in [0.5, 0.6) is 5.75 Å². The summed E-state index contributed by atoms with van der Waals surface area (Å²) < 4.78 is 8.09. The van der Waals surface area contributed by atoms with Gasteiger partial charge in [-0.3, -0.25) is 9.36 Å². The molecule has 1 aliphatic rings. The molecule has 1 N–H and O–H groups in total. The third kappa shape index (κ3) is 3.22. The van der Waals surface area contributed by atoms with E-state index in [1.807, 2.05) is 81.1 Å². The molecule has 0 saturated carbocycles. The molecular formula is C24H28N4O2. The first-order valence-electron chi connectivity index (χ1n) is 10.6. The van der Waals surface area contributed by atoms with E-state index in [0.717, 1.165) is 39.6 Å². The predicted molar refractivity (Wildman–Crippen MR) is 120 cm³/mol. The number of hydrogen-bond acceptors (Lipinski definition) is 4. The smallest absolute Gasteiger partial charge is 0.253 e. The van der Waals surface area contributed by atoms with Gasteiger partial charge in [-0.2, -0.15) is 0 Å². The standard InChI is InChI=1S/C24H28N4O2/c1-5-27(6-2)23(29)21-16(4)25-24-26-18-13-9-10-14-19(18)28(24)22(21)17-12-8-11-15-20(17)30-7-3/h8-15,22H,5-7H2,1-4H3,(H,25,26). The van der Waals surface area contributed by atoms with Gasteiger partial charge < -0.3 is 15.0 Å². The van der Waals surface area contributed by atoms with Gasteiger partial charge in [0.2, 0.25) is 5.95 Å². The molecule has 1 aromatic heterocycles. The summed E-state index contributed by atoms with van der Waals surface area (Å²) in [6.07, 6.45) is 0. The molecule has 0 bridgehead atoms. The molecule has 2 aromatic carbocycles. The fraction of sp³-hybridized carbons (Fsp3) is 0.333.